The summed E-state index contributed by atoms with van der Waals surface area (Å²) in [4.78, 5) is 13.5. The van der Waals surface area contributed by atoms with E-state index in [1.165, 1.54) is 0 Å². The van der Waals surface area contributed by atoms with Crippen LogP contribution in [0.5, 0.6) is 0 Å². The lowest BCUT2D eigenvalue weighted by molar-refractivity contribution is -0.136. The molecule has 4 heteroatoms. The largest absolute Gasteiger partial charge is 0.481 e. The molecule has 3 nitrogen and oxygen atoms in total. The minimum absolute atomic E-state index is 0. The second-order valence-electron chi connectivity index (χ2n) is 2.93. The SMILES string of the molecule is Cl.O=C(O)Cc1c[nH]c2ccccc12. The smallest absolute Gasteiger partial charge is 0.307 e. The first-order chi connectivity index (χ1) is 6.27. The molecule has 1 aromatic heterocycles. The van der Waals surface area contributed by atoms with E-state index in [1.54, 1.807) is 6.20 Å². The second kappa shape index (κ2) is 4.15. The van der Waals surface area contributed by atoms with Gasteiger partial charge in [-0.1, -0.05) is 18.2 Å². The summed E-state index contributed by atoms with van der Waals surface area (Å²) in [6, 6.07) is 7.68. The van der Waals surface area contributed by atoms with Crippen molar-refractivity contribution in [1.82, 2.24) is 4.98 Å². The lowest BCUT2D eigenvalue weighted by Crippen LogP contribution is -1.98. The Kier molecular flexibility index (Phi) is 3.14. The molecule has 1 aromatic carbocycles. The van der Waals surface area contributed by atoms with Gasteiger partial charge in [0.2, 0.25) is 0 Å². The molecule has 0 saturated carbocycles. The molecular formula is C10H10ClNO2. The van der Waals surface area contributed by atoms with Gasteiger partial charge in [-0.05, 0) is 11.6 Å². The minimum Gasteiger partial charge on any atom is -0.481 e. The second-order valence-corrected chi connectivity index (χ2v) is 2.93. The highest BCUT2D eigenvalue weighted by molar-refractivity contribution is 5.86. The molecule has 2 aromatic rings. The van der Waals surface area contributed by atoms with Gasteiger partial charge in [-0.25, -0.2) is 0 Å². The highest BCUT2D eigenvalue weighted by atomic mass is 35.5. The van der Waals surface area contributed by atoms with Crippen LogP contribution in [0.4, 0.5) is 0 Å². The summed E-state index contributed by atoms with van der Waals surface area (Å²) in [6.45, 7) is 0. The van der Waals surface area contributed by atoms with E-state index in [4.69, 9.17) is 5.11 Å². The molecule has 2 N–H and O–H groups in total. The zero-order valence-electron chi connectivity index (χ0n) is 7.36. The highest BCUT2D eigenvalue weighted by Gasteiger charge is 2.05. The summed E-state index contributed by atoms with van der Waals surface area (Å²) in [5.41, 5.74) is 1.82. The van der Waals surface area contributed by atoms with E-state index in [9.17, 15) is 4.79 Å². The third kappa shape index (κ3) is 1.88. The summed E-state index contributed by atoms with van der Waals surface area (Å²) in [6.07, 6.45) is 1.82. The molecule has 1 heterocycles. The number of hydrogen-bond donors (Lipinski definition) is 2. The summed E-state index contributed by atoms with van der Waals surface area (Å²) < 4.78 is 0. The van der Waals surface area contributed by atoms with Crippen LogP contribution in [0.15, 0.2) is 30.5 Å². The van der Waals surface area contributed by atoms with Gasteiger partial charge in [-0.3, -0.25) is 4.79 Å². The van der Waals surface area contributed by atoms with E-state index in [0.29, 0.717) is 0 Å². The number of benzene rings is 1. The van der Waals surface area contributed by atoms with Crippen molar-refractivity contribution in [3.05, 3.63) is 36.0 Å². The number of aromatic nitrogens is 1. The first-order valence-corrected chi connectivity index (χ1v) is 4.04. The van der Waals surface area contributed by atoms with Crippen LogP contribution in [0.2, 0.25) is 0 Å². The highest BCUT2D eigenvalue weighted by Crippen LogP contribution is 2.17. The van der Waals surface area contributed by atoms with Crippen molar-refractivity contribution in [2.24, 2.45) is 0 Å². The molecular weight excluding hydrogens is 202 g/mol. The number of aliphatic carboxylic acids is 1. The molecule has 74 valence electrons. The van der Waals surface area contributed by atoms with Gasteiger partial charge in [0.15, 0.2) is 0 Å². The predicted octanol–water partition coefficient (Wildman–Crippen LogP) is 2.22. The molecule has 0 bridgehead atoms. The summed E-state index contributed by atoms with van der Waals surface area (Å²) in [5, 5.41) is 9.62. The first kappa shape index (κ1) is 10.6. The Morgan fingerprint density at radius 3 is 2.79 bits per heavy atom. The van der Waals surface area contributed by atoms with Gasteiger partial charge < -0.3 is 10.1 Å². The standard InChI is InChI=1S/C10H9NO2.ClH/c12-10(13)5-7-6-11-9-4-2-1-3-8(7)9;/h1-4,6,11H,5H2,(H,12,13);1H. The number of carboxylic acids is 1. The number of aromatic amines is 1. The first-order valence-electron chi connectivity index (χ1n) is 4.04. The number of fused-ring (bicyclic) bond motifs is 1. The maximum absolute atomic E-state index is 10.5. The number of H-pyrrole nitrogens is 1. The number of carbonyl (C=O) groups is 1. The zero-order valence-corrected chi connectivity index (χ0v) is 8.17. The van der Waals surface area contributed by atoms with Crippen LogP contribution in [0.1, 0.15) is 5.56 Å². The number of halogens is 1. The normalized spacial score (nSPS) is 9.71. The van der Waals surface area contributed by atoms with Crippen molar-refractivity contribution in [2.45, 2.75) is 6.42 Å². The molecule has 0 aliphatic heterocycles. The quantitative estimate of drug-likeness (QED) is 0.800. The fourth-order valence-corrected chi connectivity index (χ4v) is 1.44. The summed E-state index contributed by atoms with van der Waals surface area (Å²) >= 11 is 0. The Hall–Kier alpha value is -1.48. The zero-order chi connectivity index (χ0) is 9.26. The Balaban J connectivity index is 0.000000980. The van der Waals surface area contributed by atoms with Crippen molar-refractivity contribution in [3.63, 3.8) is 0 Å². The molecule has 14 heavy (non-hydrogen) atoms. The van der Waals surface area contributed by atoms with Crippen molar-refractivity contribution >= 4 is 29.3 Å². The lowest BCUT2D eigenvalue weighted by Gasteiger charge is -1.92. The number of carboxylic acid groups (broad SMARTS) is 1. The van der Waals surface area contributed by atoms with Crippen molar-refractivity contribution in [2.75, 3.05) is 0 Å². The molecule has 0 spiro atoms. The van der Waals surface area contributed by atoms with Crippen LogP contribution < -0.4 is 0 Å². The van der Waals surface area contributed by atoms with Gasteiger partial charge in [0.1, 0.15) is 0 Å². The van der Waals surface area contributed by atoms with Crippen LogP contribution in [-0.4, -0.2) is 16.1 Å². The topological polar surface area (TPSA) is 53.1 Å². The van der Waals surface area contributed by atoms with Gasteiger partial charge in [-0.15, -0.1) is 12.4 Å². The van der Waals surface area contributed by atoms with Crippen LogP contribution in [0.3, 0.4) is 0 Å². The molecule has 0 atom stereocenters. The van der Waals surface area contributed by atoms with Crippen LogP contribution >= 0.6 is 12.4 Å². The predicted molar refractivity (Wildman–Crippen MR) is 56.9 cm³/mol. The average Bonchev–Trinajstić information content (AvgIpc) is 2.48. The van der Waals surface area contributed by atoms with Gasteiger partial charge in [0.05, 0.1) is 6.42 Å². The molecule has 0 aliphatic carbocycles. The monoisotopic (exact) mass is 211 g/mol. The van der Waals surface area contributed by atoms with E-state index >= 15 is 0 Å². The number of nitrogens with one attached hydrogen (secondary N) is 1. The number of rotatable bonds is 2. The average molecular weight is 212 g/mol. The van der Waals surface area contributed by atoms with Crippen molar-refractivity contribution in [1.29, 1.82) is 0 Å². The maximum Gasteiger partial charge on any atom is 0.307 e. The molecule has 0 saturated heterocycles. The van der Waals surface area contributed by atoms with Crippen LogP contribution in [0, 0.1) is 0 Å². The van der Waals surface area contributed by atoms with E-state index in [0.717, 1.165) is 16.5 Å². The van der Waals surface area contributed by atoms with Crippen LogP contribution in [-0.2, 0) is 11.2 Å². The van der Waals surface area contributed by atoms with Gasteiger partial charge >= 0.3 is 5.97 Å². The van der Waals surface area contributed by atoms with Gasteiger partial charge in [0.25, 0.3) is 0 Å². The Morgan fingerprint density at radius 1 is 1.36 bits per heavy atom. The minimum atomic E-state index is -0.801. The molecule has 0 fully saturated rings. The lowest BCUT2D eigenvalue weighted by atomic mass is 10.1. The Morgan fingerprint density at radius 2 is 2.07 bits per heavy atom. The van der Waals surface area contributed by atoms with E-state index in [2.05, 4.69) is 4.98 Å². The fourth-order valence-electron chi connectivity index (χ4n) is 1.44. The molecule has 0 amide bonds. The summed E-state index contributed by atoms with van der Waals surface area (Å²) in [5.74, 6) is -0.801. The van der Waals surface area contributed by atoms with Gasteiger partial charge in [-0.2, -0.15) is 0 Å². The molecule has 0 unspecified atom stereocenters. The van der Waals surface area contributed by atoms with Gasteiger partial charge in [0, 0.05) is 17.1 Å². The maximum atomic E-state index is 10.5. The third-order valence-corrected chi connectivity index (χ3v) is 2.02. The van der Waals surface area contributed by atoms with Crippen LogP contribution in [0.25, 0.3) is 10.9 Å². The van der Waals surface area contributed by atoms with Crippen molar-refractivity contribution in [3.8, 4) is 0 Å². The summed E-state index contributed by atoms with van der Waals surface area (Å²) in [7, 11) is 0. The van der Waals surface area contributed by atoms with E-state index in [1.807, 2.05) is 24.3 Å². The van der Waals surface area contributed by atoms with E-state index in [-0.39, 0.29) is 18.8 Å². The Bertz CT molecular complexity index is 450. The molecule has 0 aliphatic rings. The van der Waals surface area contributed by atoms with Crippen molar-refractivity contribution < 1.29 is 9.90 Å². The van der Waals surface area contributed by atoms with E-state index < -0.39 is 5.97 Å². The fraction of sp³-hybridized carbons (Fsp3) is 0.100. The third-order valence-electron chi connectivity index (χ3n) is 2.02. The number of para-hydroxylation sites is 1. The molecule has 0 radical (unpaired) electrons. The number of hydrogen-bond acceptors (Lipinski definition) is 1. The Labute approximate surface area is 87.2 Å². The molecule has 2 rings (SSSR count).